The zero-order valence-corrected chi connectivity index (χ0v) is 15.2. The van der Waals surface area contributed by atoms with Gasteiger partial charge in [0.05, 0.1) is 6.54 Å². The number of hydrogen-bond acceptors (Lipinski definition) is 3. The van der Waals surface area contributed by atoms with Crippen LogP contribution in [-0.2, 0) is 16.1 Å². The molecule has 26 heavy (non-hydrogen) atoms. The molecule has 0 aliphatic carbocycles. The molecule has 3 N–H and O–H groups in total. The zero-order valence-electron chi connectivity index (χ0n) is 15.2. The van der Waals surface area contributed by atoms with Gasteiger partial charge >= 0.3 is 0 Å². The molecule has 6 nitrogen and oxygen atoms in total. The molecule has 0 aliphatic rings. The molecule has 0 spiro atoms. The average Bonchev–Trinajstić information content (AvgIpc) is 2.62. The van der Waals surface area contributed by atoms with E-state index < -0.39 is 0 Å². The minimum atomic E-state index is -0.327. The van der Waals surface area contributed by atoms with Gasteiger partial charge in [-0.1, -0.05) is 24.3 Å². The van der Waals surface area contributed by atoms with Gasteiger partial charge in [0.25, 0.3) is 5.91 Å². The molecule has 3 amide bonds. The predicted octanol–water partition coefficient (Wildman–Crippen LogP) is 2.31. The number of carbonyl (C=O) groups is 3. The maximum atomic E-state index is 12.1. The first-order chi connectivity index (χ1) is 12.4. The average molecular weight is 353 g/mol. The third-order valence-electron chi connectivity index (χ3n) is 4.05. The zero-order chi connectivity index (χ0) is 19.1. The molecular formula is C20H23N3O3. The second-order valence-corrected chi connectivity index (χ2v) is 6.08. The Labute approximate surface area is 153 Å². The molecule has 0 aromatic heterocycles. The van der Waals surface area contributed by atoms with Crippen molar-refractivity contribution in [1.82, 2.24) is 10.6 Å². The normalized spacial score (nSPS) is 10.1. The highest BCUT2D eigenvalue weighted by atomic mass is 16.2. The van der Waals surface area contributed by atoms with Gasteiger partial charge in [-0.15, -0.1) is 0 Å². The smallest absolute Gasteiger partial charge is 0.251 e. The molecule has 0 fully saturated rings. The minimum Gasteiger partial charge on any atom is -0.352 e. The van der Waals surface area contributed by atoms with Gasteiger partial charge in [-0.2, -0.15) is 0 Å². The number of rotatable bonds is 6. The Morgan fingerprint density at radius 1 is 0.923 bits per heavy atom. The van der Waals surface area contributed by atoms with E-state index >= 15 is 0 Å². The van der Waals surface area contributed by atoms with Crippen LogP contribution in [0.2, 0.25) is 0 Å². The molecule has 136 valence electrons. The van der Waals surface area contributed by atoms with E-state index in [0.717, 1.165) is 22.4 Å². The second kappa shape index (κ2) is 8.80. The number of hydrogen-bond donors (Lipinski definition) is 3. The number of aryl methyl sites for hydroxylation is 1. The standard InChI is InChI=1S/C20H23N3O3/c1-13-5-4-6-18(14(13)2)23-19(25)12-22-20(26)17-9-7-16(8-10-17)11-21-15(3)24/h4-10H,11-12H2,1-3H3,(H,21,24)(H,22,26)(H,23,25). The van der Waals surface area contributed by atoms with Crippen molar-refractivity contribution in [3.8, 4) is 0 Å². The number of amides is 3. The third-order valence-corrected chi connectivity index (χ3v) is 4.05. The molecular weight excluding hydrogens is 330 g/mol. The fraction of sp³-hybridized carbons (Fsp3) is 0.250. The van der Waals surface area contributed by atoms with Crippen molar-refractivity contribution in [2.45, 2.75) is 27.3 Å². The van der Waals surface area contributed by atoms with Crippen molar-refractivity contribution in [1.29, 1.82) is 0 Å². The van der Waals surface area contributed by atoms with Crippen molar-refractivity contribution < 1.29 is 14.4 Å². The van der Waals surface area contributed by atoms with Crippen molar-refractivity contribution in [2.24, 2.45) is 0 Å². The Balaban J connectivity index is 1.86. The van der Waals surface area contributed by atoms with Gasteiger partial charge in [0.15, 0.2) is 0 Å². The van der Waals surface area contributed by atoms with Gasteiger partial charge in [0.1, 0.15) is 0 Å². The topological polar surface area (TPSA) is 87.3 Å². The lowest BCUT2D eigenvalue weighted by molar-refractivity contribution is -0.119. The molecule has 0 saturated heterocycles. The monoisotopic (exact) mass is 353 g/mol. The van der Waals surface area contributed by atoms with Gasteiger partial charge < -0.3 is 16.0 Å². The van der Waals surface area contributed by atoms with Crippen molar-refractivity contribution in [2.75, 3.05) is 11.9 Å². The van der Waals surface area contributed by atoms with Gasteiger partial charge in [0, 0.05) is 24.7 Å². The Kier molecular flexibility index (Phi) is 6.49. The first kappa shape index (κ1) is 19.2. The Morgan fingerprint density at radius 2 is 1.62 bits per heavy atom. The molecule has 0 heterocycles. The quantitative estimate of drug-likeness (QED) is 0.745. The summed E-state index contributed by atoms with van der Waals surface area (Å²) in [5.74, 6) is -0.719. The van der Waals surface area contributed by atoms with Crippen molar-refractivity contribution in [3.05, 3.63) is 64.7 Å². The van der Waals surface area contributed by atoms with Crippen LogP contribution in [0.15, 0.2) is 42.5 Å². The number of anilines is 1. The van der Waals surface area contributed by atoms with Gasteiger partial charge in [-0.3, -0.25) is 14.4 Å². The summed E-state index contributed by atoms with van der Waals surface area (Å²) in [6, 6.07) is 12.5. The van der Waals surface area contributed by atoms with Gasteiger partial charge in [-0.25, -0.2) is 0 Å². The van der Waals surface area contributed by atoms with Crippen LogP contribution in [0.5, 0.6) is 0 Å². The largest absolute Gasteiger partial charge is 0.352 e. The summed E-state index contributed by atoms with van der Waals surface area (Å²) in [5, 5.41) is 8.09. The minimum absolute atomic E-state index is 0.110. The number of benzene rings is 2. The maximum Gasteiger partial charge on any atom is 0.251 e. The van der Waals surface area contributed by atoms with E-state index in [1.807, 2.05) is 32.0 Å². The summed E-state index contributed by atoms with van der Waals surface area (Å²) in [7, 11) is 0. The highest BCUT2D eigenvalue weighted by Gasteiger charge is 2.10. The van der Waals surface area contributed by atoms with E-state index in [9.17, 15) is 14.4 Å². The van der Waals surface area contributed by atoms with E-state index in [4.69, 9.17) is 0 Å². The van der Waals surface area contributed by atoms with E-state index in [1.165, 1.54) is 6.92 Å². The Morgan fingerprint density at radius 3 is 2.27 bits per heavy atom. The van der Waals surface area contributed by atoms with Crippen molar-refractivity contribution in [3.63, 3.8) is 0 Å². The summed E-state index contributed by atoms with van der Waals surface area (Å²) < 4.78 is 0. The van der Waals surface area contributed by atoms with Crippen LogP contribution in [-0.4, -0.2) is 24.3 Å². The summed E-state index contributed by atoms with van der Waals surface area (Å²) in [6.45, 7) is 5.66. The highest BCUT2D eigenvalue weighted by Crippen LogP contribution is 2.17. The molecule has 6 heteroatoms. The maximum absolute atomic E-state index is 12.1. The second-order valence-electron chi connectivity index (χ2n) is 6.08. The Bertz CT molecular complexity index is 814. The molecule has 2 aromatic rings. The van der Waals surface area contributed by atoms with Crippen molar-refractivity contribution >= 4 is 23.4 Å². The SMILES string of the molecule is CC(=O)NCc1ccc(C(=O)NCC(=O)Nc2cccc(C)c2C)cc1. The molecule has 0 bridgehead atoms. The van der Waals surface area contributed by atoms with Gasteiger partial charge in [-0.05, 0) is 48.7 Å². The van der Waals surface area contributed by atoms with Crippen LogP contribution in [0, 0.1) is 13.8 Å². The molecule has 0 atom stereocenters. The molecule has 2 rings (SSSR count). The summed E-state index contributed by atoms with van der Waals surface area (Å²) >= 11 is 0. The van der Waals surface area contributed by atoms with E-state index in [1.54, 1.807) is 24.3 Å². The third kappa shape index (κ3) is 5.44. The predicted molar refractivity (Wildman–Crippen MR) is 101 cm³/mol. The number of carbonyl (C=O) groups excluding carboxylic acids is 3. The molecule has 0 unspecified atom stereocenters. The lowest BCUT2D eigenvalue weighted by atomic mass is 10.1. The Hall–Kier alpha value is -3.15. The lowest BCUT2D eigenvalue weighted by Gasteiger charge is -2.11. The van der Waals surface area contributed by atoms with Gasteiger partial charge in [0.2, 0.25) is 11.8 Å². The fourth-order valence-corrected chi connectivity index (χ4v) is 2.34. The lowest BCUT2D eigenvalue weighted by Crippen LogP contribution is -2.33. The first-order valence-electron chi connectivity index (χ1n) is 8.34. The van der Waals surface area contributed by atoms with Crippen LogP contribution in [0.25, 0.3) is 0 Å². The van der Waals surface area contributed by atoms with Crippen LogP contribution in [0.1, 0.15) is 34.0 Å². The van der Waals surface area contributed by atoms with E-state index in [0.29, 0.717) is 12.1 Å². The van der Waals surface area contributed by atoms with Crippen LogP contribution in [0.4, 0.5) is 5.69 Å². The molecule has 0 aliphatic heterocycles. The van der Waals surface area contributed by atoms with Crippen LogP contribution in [0.3, 0.4) is 0 Å². The highest BCUT2D eigenvalue weighted by molar-refractivity contribution is 5.99. The molecule has 0 saturated carbocycles. The number of nitrogens with one attached hydrogen (secondary N) is 3. The van der Waals surface area contributed by atoms with E-state index in [-0.39, 0.29) is 24.3 Å². The summed E-state index contributed by atoms with van der Waals surface area (Å²) in [6.07, 6.45) is 0. The first-order valence-corrected chi connectivity index (χ1v) is 8.34. The molecule has 0 radical (unpaired) electrons. The fourth-order valence-electron chi connectivity index (χ4n) is 2.34. The summed E-state index contributed by atoms with van der Waals surface area (Å²) in [5.41, 5.74) is 4.18. The van der Waals surface area contributed by atoms with Crippen LogP contribution >= 0.6 is 0 Å². The summed E-state index contributed by atoms with van der Waals surface area (Å²) in [4.78, 5) is 35.1. The van der Waals surface area contributed by atoms with E-state index in [2.05, 4.69) is 16.0 Å². The molecule has 2 aromatic carbocycles. The van der Waals surface area contributed by atoms with Crippen LogP contribution < -0.4 is 16.0 Å².